The Morgan fingerprint density at radius 3 is 2.61 bits per heavy atom. The molecule has 1 N–H and O–H groups in total. The minimum absolute atomic E-state index is 0.0725. The van der Waals surface area contributed by atoms with Crippen molar-refractivity contribution in [3.63, 3.8) is 0 Å². The molecule has 1 aliphatic rings. The third-order valence-corrected chi connectivity index (χ3v) is 3.80. The third kappa shape index (κ3) is 4.81. The molecule has 0 heterocycles. The van der Waals surface area contributed by atoms with Crippen LogP contribution in [0.15, 0.2) is 24.3 Å². The topological polar surface area (TPSA) is 83.9 Å². The van der Waals surface area contributed by atoms with E-state index in [0.29, 0.717) is 11.3 Å². The van der Waals surface area contributed by atoms with Gasteiger partial charge in [0, 0.05) is 18.2 Å². The van der Waals surface area contributed by atoms with Crippen molar-refractivity contribution in [2.75, 3.05) is 13.2 Å². The maximum absolute atomic E-state index is 12.3. The Morgan fingerprint density at radius 2 is 2.04 bits per heavy atom. The van der Waals surface area contributed by atoms with Gasteiger partial charge in [0.2, 0.25) is 0 Å². The first-order valence-corrected chi connectivity index (χ1v) is 7.64. The number of carbonyl (C=O) groups is 3. The molecule has 0 radical (unpaired) electrons. The average Bonchev–Trinajstić information content (AvgIpc) is 3.34. The largest absolute Gasteiger partial charge is 0.484 e. The summed E-state index contributed by atoms with van der Waals surface area (Å²) in [5, 5.41) is 9.00. The lowest BCUT2D eigenvalue weighted by Crippen LogP contribution is -2.41. The van der Waals surface area contributed by atoms with Gasteiger partial charge in [0.15, 0.2) is 12.4 Å². The zero-order chi connectivity index (χ0) is 17.0. The number of carbonyl (C=O) groups excluding carboxylic acids is 2. The summed E-state index contributed by atoms with van der Waals surface area (Å²) in [5.41, 5.74) is 0.522. The normalized spacial score (nSPS) is 14.9. The van der Waals surface area contributed by atoms with Crippen LogP contribution >= 0.6 is 0 Å². The quantitative estimate of drug-likeness (QED) is 0.741. The van der Waals surface area contributed by atoms with Crippen LogP contribution in [0.1, 0.15) is 37.0 Å². The summed E-state index contributed by atoms with van der Waals surface area (Å²) in [4.78, 5) is 36.2. The smallest absolute Gasteiger partial charge is 0.308 e. The first-order valence-electron chi connectivity index (χ1n) is 7.64. The molecule has 0 saturated heterocycles. The number of aliphatic carboxylic acids is 1. The Labute approximate surface area is 135 Å². The van der Waals surface area contributed by atoms with E-state index in [1.165, 1.54) is 6.92 Å². The highest BCUT2D eigenvalue weighted by Crippen LogP contribution is 2.28. The Morgan fingerprint density at radius 1 is 1.35 bits per heavy atom. The van der Waals surface area contributed by atoms with Gasteiger partial charge in [-0.1, -0.05) is 19.1 Å². The molecule has 6 heteroatoms. The van der Waals surface area contributed by atoms with Gasteiger partial charge in [-0.05, 0) is 31.9 Å². The Bertz CT molecular complexity index is 609. The summed E-state index contributed by atoms with van der Waals surface area (Å²) in [5.74, 6) is -1.38. The molecule has 1 saturated carbocycles. The molecule has 1 aromatic carbocycles. The molecule has 1 unspecified atom stereocenters. The van der Waals surface area contributed by atoms with Crippen molar-refractivity contribution in [2.45, 2.75) is 32.7 Å². The van der Waals surface area contributed by atoms with Crippen LogP contribution in [0.2, 0.25) is 0 Å². The number of nitrogens with zero attached hydrogens (tertiary/aromatic N) is 1. The summed E-state index contributed by atoms with van der Waals surface area (Å²) in [7, 11) is 0. The second-order valence-corrected chi connectivity index (χ2v) is 5.89. The summed E-state index contributed by atoms with van der Waals surface area (Å²) in [6, 6.07) is 6.78. The number of hydrogen-bond donors (Lipinski definition) is 1. The van der Waals surface area contributed by atoms with Crippen LogP contribution < -0.4 is 4.74 Å². The van der Waals surface area contributed by atoms with Crippen molar-refractivity contribution < 1.29 is 24.2 Å². The lowest BCUT2D eigenvalue weighted by molar-refractivity contribution is -0.143. The molecule has 0 bridgehead atoms. The maximum atomic E-state index is 12.3. The van der Waals surface area contributed by atoms with Gasteiger partial charge >= 0.3 is 5.97 Å². The van der Waals surface area contributed by atoms with E-state index in [1.54, 1.807) is 36.1 Å². The third-order valence-electron chi connectivity index (χ3n) is 3.80. The molecule has 0 aromatic heterocycles. The summed E-state index contributed by atoms with van der Waals surface area (Å²) >= 11 is 0. The number of benzene rings is 1. The van der Waals surface area contributed by atoms with E-state index in [0.717, 1.165) is 12.8 Å². The van der Waals surface area contributed by atoms with Crippen LogP contribution in [0.25, 0.3) is 0 Å². The number of carboxylic acids is 1. The molecule has 2 rings (SSSR count). The molecule has 0 aliphatic heterocycles. The van der Waals surface area contributed by atoms with Gasteiger partial charge in [-0.3, -0.25) is 14.4 Å². The minimum Gasteiger partial charge on any atom is -0.484 e. The predicted molar refractivity (Wildman–Crippen MR) is 83.5 cm³/mol. The molecule has 1 aliphatic carbocycles. The van der Waals surface area contributed by atoms with Gasteiger partial charge in [0.1, 0.15) is 5.75 Å². The molecule has 0 spiro atoms. The molecular weight excluding hydrogens is 298 g/mol. The van der Waals surface area contributed by atoms with Gasteiger partial charge in [-0.15, -0.1) is 0 Å². The Balaban J connectivity index is 1.95. The molecule has 6 nitrogen and oxygen atoms in total. The van der Waals surface area contributed by atoms with Crippen molar-refractivity contribution in [1.82, 2.24) is 4.90 Å². The predicted octanol–water partition coefficient (Wildman–Crippen LogP) is 1.98. The van der Waals surface area contributed by atoms with E-state index in [1.807, 2.05) is 0 Å². The summed E-state index contributed by atoms with van der Waals surface area (Å²) in [6.07, 6.45) is 1.80. The van der Waals surface area contributed by atoms with E-state index in [4.69, 9.17) is 9.84 Å². The fourth-order valence-electron chi connectivity index (χ4n) is 2.25. The number of ether oxygens (including phenoxy) is 1. The first-order chi connectivity index (χ1) is 10.9. The van der Waals surface area contributed by atoms with Gasteiger partial charge in [0.05, 0.1) is 5.92 Å². The zero-order valence-electron chi connectivity index (χ0n) is 13.3. The van der Waals surface area contributed by atoms with Gasteiger partial charge in [-0.25, -0.2) is 0 Å². The molecular formula is C17H21NO5. The highest BCUT2D eigenvalue weighted by molar-refractivity contribution is 5.94. The van der Waals surface area contributed by atoms with E-state index >= 15 is 0 Å². The molecule has 1 fully saturated rings. The lowest BCUT2D eigenvalue weighted by Gasteiger charge is -2.24. The Kier molecular flexibility index (Phi) is 5.36. The van der Waals surface area contributed by atoms with Gasteiger partial charge < -0.3 is 14.7 Å². The number of hydrogen-bond acceptors (Lipinski definition) is 4. The SMILES string of the molecule is CC(=O)c1cccc(OCC(=O)N(CC(C)C(=O)O)C2CC2)c1. The highest BCUT2D eigenvalue weighted by atomic mass is 16.5. The van der Waals surface area contributed by atoms with E-state index in [-0.39, 0.29) is 30.9 Å². The van der Waals surface area contributed by atoms with Gasteiger partial charge in [-0.2, -0.15) is 0 Å². The van der Waals surface area contributed by atoms with Crippen LogP contribution in [0.4, 0.5) is 0 Å². The van der Waals surface area contributed by atoms with Crippen LogP contribution in [0.5, 0.6) is 5.75 Å². The fraction of sp³-hybridized carbons (Fsp3) is 0.471. The summed E-state index contributed by atoms with van der Waals surface area (Å²) in [6.45, 7) is 3.08. The van der Waals surface area contributed by atoms with Crippen molar-refractivity contribution in [3.05, 3.63) is 29.8 Å². The van der Waals surface area contributed by atoms with Crippen molar-refractivity contribution in [1.29, 1.82) is 0 Å². The minimum atomic E-state index is -0.918. The lowest BCUT2D eigenvalue weighted by atomic mass is 10.1. The zero-order valence-corrected chi connectivity index (χ0v) is 13.3. The number of rotatable bonds is 8. The molecule has 124 valence electrons. The average molecular weight is 319 g/mol. The standard InChI is InChI=1S/C17H21NO5/c1-11(17(21)22)9-18(14-6-7-14)16(20)10-23-15-5-3-4-13(8-15)12(2)19/h3-5,8,11,14H,6-7,9-10H2,1-2H3,(H,21,22). The molecule has 1 amide bonds. The highest BCUT2D eigenvalue weighted by Gasteiger charge is 2.34. The number of ketones is 1. The molecule has 23 heavy (non-hydrogen) atoms. The van der Waals surface area contributed by atoms with Crippen molar-refractivity contribution in [2.24, 2.45) is 5.92 Å². The second kappa shape index (κ2) is 7.26. The van der Waals surface area contributed by atoms with Crippen LogP contribution in [0, 0.1) is 5.92 Å². The fourth-order valence-corrected chi connectivity index (χ4v) is 2.25. The Hall–Kier alpha value is -2.37. The van der Waals surface area contributed by atoms with Crippen molar-refractivity contribution >= 4 is 17.7 Å². The maximum Gasteiger partial charge on any atom is 0.308 e. The second-order valence-electron chi connectivity index (χ2n) is 5.89. The van der Waals surface area contributed by atoms with E-state index < -0.39 is 11.9 Å². The van der Waals surface area contributed by atoms with E-state index in [2.05, 4.69) is 0 Å². The monoisotopic (exact) mass is 319 g/mol. The molecule has 1 atom stereocenters. The number of carboxylic acid groups (broad SMARTS) is 1. The number of amides is 1. The number of Topliss-reactive ketones (excluding diaryl/α,β-unsaturated/α-hetero) is 1. The van der Waals surface area contributed by atoms with Gasteiger partial charge in [0.25, 0.3) is 5.91 Å². The van der Waals surface area contributed by atoms with Crippen molar-refractivity contribution in [3.8, 4) is 5.75 Å². The van der Waals surface area contributed by atoms with Crippen LogP contribution in [-0.2, 0) is 9.59 Å². The summed E-state index contributed by atoms with van der Waals surface area (Å²) < 4.78 is 5.47. The van der Waals surface area contributed by atoms with E-state index in [9.17, 15) is 14.4 Å². The van der Waals surface area contributed by atoms with Crippen LogP contribution in [-0.4, -0.2) is 46.9 Å². The van der Waals surface area contributed by atoms with Crippen LogP contribution in [0.3, 0.4) is 0 Å². The first kappa shape index (κ1) is 17.0. The molecule has 1 aromatic rings.